The van der Waals surface area contributed by atoms with Crippen molar-refractivity contribution in [3.8, 4) is 46.0 Å². The zero-order chi connectivity index (χ0) is 70.5. The fourth-order valence-corrected chi connectivity index (χ4v) is 9.18. The van der Waals surface area contributed by atoms with Crippen LogP contribution in [0.2, 0.25) is 10.3 Å². The number of carboxylic acid groups (broad SMARTS) is 1. The first-order valence-electron chi connectivity index (χ1n) is 29.0. The zero-order valence-electron chi connectivity index (χ0n) is 52.2. The Morgan fingerprint density at radius 2 is 0.941 bits per heavy atom. The Morgan fingerprint density at radius 3 is 1.38 bits per heavy atom. The summed E-state index contributed by atoms with van der Waals surface area (Å²) >= 11 is 11.7. The quantitative estimate of drug-likeness (QED) is 0.0485. The SMILES string of the molecule is C.C.CC1(C)OB(c2ccc3nc[nH]c3c2)OC1(C)C.NCc1ncccc1F.Nc1nc(-c2ncco2)c(-c2ccc3nc[nH]c3c2)nc1C(=O)NCc1ncccc1F.Nc1nc(-c2ncco2)c(Cl)nc1C(=O)NCc1ncccc1F.Nc1nc(-c2ncco2)c(Cl)nc1C(=O)O. The van der Waals surface area contributed by atoms with Gasteiger partial charge in [-0.3, -0.25) is 24.5 Å². The number of aromatic carboxylic acids is 1. The highest BCUT2D eigenvalue weighted by Crippen LogP contribution is 2.37. The molecule has 520 valence electrons. The molecule has 13 N–H and O–H groups in total. The van der Waals surface area contributed by atoms with E-state index in [4.69, 9.17) is 73.8 Å². The summed E-state index contributed by atoms with van der Waals surface area (Å²) in [4.78, 5) is 97.6. The number of hydrogen-bond donors (Lipinski definition) is 9. The Balaban J connectivity index is 0.000000168. The summed E-state index contributed by atoms with van der Waals surface area (Å²) in [5.74, 6) is -4.05. The van der Waals surface area contributed by atoms with Crippen LogP contribution in [0.15, 0.2) is 155 Å². The van der Waals surface area contributed by atoms with Crippen LogP contribution in [0.3, 0.4) is 0 Å². The first-order valence-corrected chi connectivity index (χ1v) is 29.8. The van der Waals surface area contributed by atoms with E-state index in [0.29, 0.717) is 17.0 Å². The van der Waals surface area contributed by atoms with Crippen molar-refractivity contribution in [1.29, 1.82) is 0 Å². The fraction of sp³-hybridized carbons (Fsp3) is 0.172. The van der Waals surface area contributed by atoms with Crippen LogP contribution in [-0.2, 0) is 28.9 Å². The van der Waals surface area contributed by atoms with Crippen molar-refractivity contribution in [3.63, 3.8) is 0 Å². The average Bonchev–Trinajstić information content (AvgIpc) is 1.68. The number of halogens is 5. The number of nitrogens with two attached hydrogens (primary N) is 4. The van der Waals surface area contributed by atoms with Gasteiger partial charge in [-0.15, -0.1) is 0 Å². The molecule has 0 unspecified atom stereocenters. The summed E-state index contributed by atoms with van der Waals surface area (Å²) in [7, 11) is -0.317. The van der Waals surface area contributed by atoms with Gasteiger partial charge in [0.1, 0.15) is 41.9 Å². The van der Waals surface area contributed by atoms with E-state index in [-0.39, 0.29) is 144 Å². The second-order valence-corrected chi connectivity index (χ2v) is 22.1. The van der Waals surface area contributed by atoms with Crippen LogP contribution in [0, 0.1) is 17.5 Å². The molecule has 0 radical (unpaired) electrons. The number of hydrogen-bond acceptors (Lipinski definition) is 26. The summed E-state index contributed by atoms with van der Waals surface area (Å²) in [5.41, 5.74) is 27.5. The van der Waals surface area contributed by atoms with Gasteiger partial charge >= 0.3 is 13.1 Å². The lowest BCUT2D eigenvalue weighted by Crippen LogP contribution is -2.41. The molecule has 0 aliphatic carbocycles. The van der Waals surface area contributed by atoms with Gasteiger partial charge in [0, 0.05) is 30.7 Å². The van der Waals surface area contributed by atoms with Crippen LogP contribution in [0.25, 0.3) is 68.1 Å². The normalized spacial score (nSPS) is 12.4. The molecule has 1 saturated heterocycles. The number of imidazole rings is 2. The molecule has 13 aromatic rings. The number of benzene rings is 2. The molecule has 101 heavy (non-hydrogen) atoms. The van der Waals surface area contributed by atoms with Gasteiger partial charge in [-0.1, -0.05) is 50.2 Å². The Bertz CT molecular complexity index is 4980. The number of fused-ring (bicyclic) bond motifs is 2. The van der Waals surface area contributed by atoms with Gasteiger partial charge in [0.15, 0.2) is 61.9 Å². The molecule has 31 nitrogen and oxygen atoms in total. The minimum atomic E-state index is -1.30. The van der Waals surface area contributed by atoms with Gasteiger partial charge in [0.2, 0.25) is 17.7 Å². The Morgan fingerprint density at radius 1 is 0.525 bits per heavy atom. The van der Waals surface area contributed by atoms with Crippen molar-refractivity contribution < 1.29 is 55.2 Å². The van der Waals surface area contributed by atoms with Crippen molar-refractivity contribution >= 4 is 93.1 Å². The van der Waals surface area contributed by atoms with Gasteiger partial charge in [0.25, 0.3) is 11.8 Å². The Kier molecular flexibility index (Phi) is 24.3. The predicted molar refractivity (Wildman–Crippen MR) is 366 cm³/mol. The van der Waals surface area contributed by atoms with Crippen LogP contribution in [0.5, 0.6) is 0 Å². The van der Waals surface area contributed by atoms with E-state index in [1.807, 2.05) is 30.3 Å². The van der Waals surface area contributed by atoms with Crippen molar-refractivity contribution in [2.24, 2.45) is 5.73 Å². The second kappa shape index (κ2) is 32.9. The molecule has 0 saturated carbocycles. The largest absolute Gasteiger partial charge is 0.494 e. The van der Waals surface area contributed by atoms with E-state index < -0.39 is 35.1 Å². The number of amides is 2. The molecule has 0 atom stereocenters. The van der Waals surface area contributed by atoms with Gasteiger partial charge in [-0.2, -0.15) is 0 Å². The van der Waals surface area contributed by atoms with Crippen LogP contribution in [0.1, 0.15) is 91.1 Å². The lowest BCUT2D eigenvalue weighted by atomic mass is 9.79. The Labute approximate surface area is 581 Å². The maximum Gasteiger partial charge on any atom is 0.494 e. The van der Waals surface area contributed by atoms with Crippen LogP contribution in [-0.4, -0.2) is 121 Å². The van der Waals surface area contributed by atoms with Crippen molar-refractivity contribution in [2.75, 3.05) is 17.2 Å². The van der Waals surface area contributed by atoms with E-state index in [1.54, 1.807) is 18.7 Å². The number of carboxylic acids is 1. The van der Waals surface area contributed by atoms with Gasteiger partial charge in [0.05, 0.1) is 94.7 Å². The second-order valence-electron chi connectivity index (χ2n) is 21.4. The maximum atomic E-state index is 13.8. The van der Waals surface area contributed by atoms with Crippen LogP contribution >= 0.6 is 23.2 Å². The molecule has 2 amide bonds. The highest BCUT2D eigenvalue weighted by molar-refractivity contribution is 6.62. The standard InChI is InChI=1S/C21H15FN8O2.C14H10ClFN6O2.C13H17BN2O2.C8H5ClN4O3.C6H7FN2.2CH4/c22-12-2-1-5-24-15(12)9-26-20(31)18-19(23)30-17(21-25-6-7-32-21)16(29-18)11-3-4-13-14(8-11)28-10-27-13;15-11-9(14-19-4-5-24-14)22-12(17)10(21-11)13(23)20-6-8-7(16)2-1-3-18-8;1-12(2)13(3,4)18-14(17-12)9-5-6-10-11(7-9)16-8-15-10;9-5-3(7-11-1-2-16-7)13-6(10)4(12-5)8(14)15;7-5-2-1-3-9-6(5)4-8;;/h1-8,10H,9H2,(H2,23,30)(H,26,31)(H,27,28);1-5H,6H2,(H2,17,22)(H,20,23);5-8H,1-4H3,(H,15,16);1-2H,(H2,10,13)(H,14,15);1-3H,4,8H2;2*1H4. The summed E-state index contributed by atoms with van der Waals surface area (Å²) < 4.78 is 67.2. The number of nitrogens with zero attached hydrogens (tertiary/aromatic N) is 14. The number of nitrogens with one attached hydrogen (secondary N) is 4. The van der Waals surface area contributed by atoms with E-state index in [2.05, 4.69) is 118 Å². The maximum absolute atomic E-state index is 13.8. The summed E-state index contributed by atoms with van der Waals surface area (Å²) in [6, 6.07) is 19.7. The molecule has 1 fully saturated rings. The third-order valence-electron chi connectivity index (χ3n) is 14.4. The lowest BCUT2D eigenvalue weighted by molar-refractivity contribution is 0.00578. The number of carbonyl (C=O) groups excluding carboxylic acids is 2. The molecule has 0 bridgehead atoms. The first kappa shape index (κ1) is 74.6. The molecule has 2 aromatic carbocycles. The van der Waals surface area contributed by atoms with E-state index in [0.717, 1.165) is 27.5 Å². The average molecular weight is 1420 g/mol. The van der Waals surface area contributed by atoms with Crippen molar-refractivity contribution in [3.05, 3.63) is 203 Å². The number of H-pyrrole nitrogens is 2. The minimum Gasteiger partial charge on any atom is -0.476 e. The zero-order valence-corrected chi connectivity index (χ0v) is 53.7. The number of aromatic amines is 2. The Hall–Kier alpha value is -12.2. The molecule has 1 aliphatic rings. The molecule has 12 heterocycles. The van der Waals surface area contributed by atoms with Crippen molar-refractivity contribution in [2.45, 2.75) is 73.4 Å². The molecular formula is C64H62BCl2F3N22O9. The number of rotatable bonds is 13. The lowest BCUT2D eigenvalue weighted by Gasteiger charge is -2.32. The number of nitrogen functional groups attached to an aromatic ring is 3. The molecular weight excluding hydrogens is 1360 g/mol. The highest BCUT2D eigenvalue weighted by Gasteiger charge is 2.51. The highest BCUT2D eigenvalue weighted by atomic mass is 35.5. The minimum absolute atomic E-state index is 0. The number of aromatic nitrogens is 16. The van der Waals surface area contributed by atoms with Crippen LogP contribution in [0.4, 0.5) is 30.6 Å². The number of oxazole rings is 3. The fourth-order valence-electron chi connectivity index (χ4n) is 8.76. The van der Waals surface area contributed by atoms with E-state index in [1.165, 1.54) is 92.4 Å². The molecule has 37 heteroatoms. The number of anilines is 3. The third-order valence-corrected chi connectivity index (χ3v) is 14.9. The van der Waals surface area contributed by atoms with Crippen molar-refractivity contribution in [1.82, 2.24) is 90.4 Å². The van der Waals surface area contributed by atoms with Crippen LogP contribution < -0.4 is 39.0 Å². The van der Waals surface area contributed by atoms with E-state index in [9.17, 15) is 27.6 Å². The van der Waals surface area contributed by atoms with Gasteiger partial charge in [-0.25, -0.2) is 72.8 Å². The summed E-state index contributed by atoms with van der Waals surface area (Å²) in [6.07, 6.45) is 16.0. The summed E-state index contributed by atoms with van der Waals surface area (Å²) in [6.45, 7) is 8.12. The number of carbonyl (C=O) groups is 3. The summed E-state index contributed by atoms with van der Waals surface area (Å²) in [5, 5.41) is 13.5. The molecule has 11 aromatic heterocycles. The first-order chi connectivity index (χ1) is 47.5. The molecule has 14 rings (SSSR count). The smallest absolute Gasteiger partial charge is 0.476 e. The predicted octanol–water partition coefficient (Wildman–Crippen LogP) is 9.43. The molecule has 1 aliphatic heterocycles. The number of pyridine rings is 3. The monoisotopic (exact) mass is 1420 g/mol. The van der Waals surface area contributed by atoms with Gasteiger partial charge in [-0.05, 0) is 93.8 Å². The molecule has 0 spiro atoms. The third kappa shape index (κ3) is 17.8. The topological polar surface area (TPSA) is 469 Å². The van der Waals surface area contributed by atoms with Gasteiger partial charge < -0.3 is 71.2 Å². The van der Waals surface area contributed by atoms with E-state index >= 15 is 0 Å².